The molecule has 1 aromatic heterocycles. The van der Waals surface area contributed by atoms with Gasteiger partial charge in [0.05, 0.1) is 17.4 Å². The Labute approximate surface area is 69.9 Å². The first kappa shape index (κ1) is 7.12. The van der Waals surface area contributed by atoms with Gasteiger partial charge in [-0.05, 0) is 6.07 Å². The van der Waals surface area contributed by atoms with Gasteiger partial charge in [0.25, 0.3) is 0 Å². The molecule has 0 radical (unpaired) electrons. The summed E-state index contributed by atoms with van der Waals surface area (Å²) in [7, 11) is 1.89. The number of hydrazine groups is 1. The SMILES string of the molecule is Cn1ncc2cccc(NN)c21. The highest BCUT2D eigenvalue weighted by molar-refractivity contribution is 5.90. The lowest BCUT2D eigenvalue weighted by atomic mass is 10.2. The minimum absolute atomic E-state index is 0.896. The highest BCUT2D eigenvalue weighted by atomic mass is 15.3. The van der Waals surface area contributed by atoms with Gasteiger partial charge in [0, 0.05) is 12.4 Å². The lowest BCUT2D eigenvalue weighted by Gasteiger charge is -2.02. The molecule has 3 N–H and O–H groups in total. The molecule has 0 spiro atoms. The third-order valence-corrected chi connectivity index (χ3v) is 1.92. The van der Waals surface area contributed by atoms with Crippen molar-refractivity contribution in [3.05, 3.63) is 24.4 Å². The number of nitrogens with one attached hydrogen (secondary N) is 1. The molecule has 0 bridgehead atoms. The molecule has 62 valence electrons. The summed E-state index contributed by atoms with van der Waals surface area (Å²) < 4.78 is 1.80. The molecule has 0 saturated heterocycles. The maximum Gasteiger partial charge on any atom is 0.0923 e. The number of aromatic nitrogens is 2. The van der Waals surface area contributed by atoms with Gasteiger partial charge in [-0.3, -0.25) is 10.5 Å². The van der Waals surface area contributed by atoms with Crippen molar-refractivity contribution < 1.29 is 0 Å². The molecule has 4 nitrogen and oxygen atoms in total. The first-order chi connectivity index (χ1) is 5.83. The number of nitrogens with zero attached hydrogens (tertiary/aromatic N) is 2. The summed E-state index contributed by atoms with van der Waals surface area (Å²) in [5.41, 5.74) is 4.56. The van der Waals surface area contributed by atoms with Gasteiger partial charge in [-0.25, -0.2) is 0 Å². The van der Waals surface area contributed by atoms with E-state index in [1.54, 1.807) is 4.68 Å². The number of hydrogen-bond donors (Lipinski definition) is 2. The summed E-state index contributed by atoms with van der Waals surface area (Å²) in [6, 6.07) is 5.87. The van der Waals surface area contributed by atoms with E-state index in [2.05, 4.69) is 10.5 Å². The van der Waals surface area contributed by atoms with E-state index in [1.807, 2.05) is 31.4 Å². The Balaban J connectivity index is 2.84. The smallest absolute Gasteiger partial charge is 0.0923 e. The number of nitrogens with two attached hydrogens (primary N) is 1. The van der Waals surface area contributed by atoms with E-state index in [0.717, 1.165) is 16.6 Å². The van der Waals surface area contributed by atoms with Crippen LogP contribution in [0.5, 0.6) is 0 Å². The van der Waals surface area contributed by atoms with Gasteiger partial charge in [-0.15, -0.1) is 0 Å². The van der Waals surface area contributed by atoms with Gasteiger partial charge >= 0.3 is 0 Å². The second-order valence-electron chi connectivity index (χ2n) is 2.66. The molecule has 0 atom stereocenters. The number of rotatable bonds is 1. The number of para-hydroxylation sites is 1. The fourth-order valence-corrected chi connectivity index (χ4v) is 1.35. The number of benzene rings is 1. The molecule has 0 unspecified atom stereocenters. The van der Waals surface area contributed by atoms with Crippen LogP contribution >= 0.6 is 0 Å². The Morgan fingerprint density at radius 2 is 2.33 bits per heavy atom. The molecule has 0 aliphatic heterocycles. The van der Waals surface area contributed by atoms with Crippen molar-refractivity contribution in [1.29, 1.82) is 0 Å². The molecule has 4 heteroatoms. The summed E-state index contributed by atoms with van der Waals surface area (Å²) in [5, 5.41) is 5.22. The zero-order valence-corrected chi connectivity index (χ0v) is 6.78. The molecule has 0 aliphatic rings. The number of anilines is 1. The number of hydrogen-bond acceptors (Lipinski definition) is 3. The van der Waals surface area contributed by atoms with Gasteiger partial charge in [0.1, 0.15) is 0 Å². The Kier molecular flexibility index (Phi) is 1.48. The van der Waals surface area contributed by atoms with Gasteiger partial charge in [0.2, 0.25) is 0 Å². The average Bonchev–Trinajstić information content (AvgIpc) is 2.48. The first-order valence-corrected chi connectivity index (χ1v) is 3.70. The van der Waals surface area contributed by atoms with Crippen molar-refractivity contribution >= 4 is 16.6 Å². The monoisotopic (exact) mass is 162 g/mol. The normalized spacial score (nSPS) is 10.5. The van der Waals surface area contributed by atoms with Crippen LogP contribution in [0.1, 0.15) is 0 Å². The molecule has 2 aromatic rings. The topological polar surface area (TPSA) is 55.9 Å². The summed E-state index contributed by atoms with van der Waals surface area (Å²) in [5.74, 6) is 5.35. The average molecular weight is 162 g/mol. The lowest BCUT2D eigenvalue weighted by Crippen LogP contribution is -2.08. The third kappa shape index (κ3) is 0.853. The molecule has 2 rings (SSSR count). The van der Waals surface area contributed by atoms with Gasteiger partial charge in [-0.2, -0.15) is 5.10 Å². The lowest BCUT2D eigenvalue weighted by molar-refractivity contribution is 0.797. The Hall–Kier alpha value is -1.55. The molecule has 0 saturated carbocycles. The van der Waals surface area contributed by atoms with E-state index < -0.39 is 0 Å². The number of aryl methyl sites for hydroxylation is 1. The molecule has 0 aliphatic carbocycles. The molecule has 0 amide bonds. The zero-order valence-electron chi connectivity index (χ0n) is 6.78. The van der Waals surface area contributed by atoms with Crippen LogP contribution < -0.4 is 11.3 Å². The van der Waals surface area contributed by atoms with Crippen LogP contribution in [-0.2, 0) is 7.05 Å². The predicted molar refractivity (Wildman–Crippen MR) is 48.5 cm³/mol. The Morgan fingerprint density at radius 1 is 1.50 bits per heavy atom. The molecular formula is C8H10N4. The molecule has 1 aromatic carbocycles. The quantitative estimate of drug-likeness (QED) is 0.483. The maximum atomic E-state index is 5.35. The van der Waals surface area contributed by atoms with E-state index in [-0.39, 0.29) is 0 Å². The summed E-state index contributed by atoms with van der Waals surface area (Å²) >= 11 is 0. The van der Waals surface area contributed by atoms with Gasteiger partial charge < -0.3 is 5.43 Å². The predicted octanol–water partition coefficient (Wildman–Crippen LogP) is 0.859. The summed E-state index contributed by atoms with van der Waals surface area (Å²) in [4.78, 5) is 0. The van der Waals surface area contributed by atoms with Crippen molar-refractivity contribution in [2.24, 2.45) is 12.9 Å². The van der Waals surface area contributed by atoms with Crippen LogP contribution in [0.2, 0.25) is 0 Å². The molecule has 12 heavy (non-hydrogen) atoms. The van der Waals surface area contributed by atoms with Crippen LogP contribution in [-0.4, -0.2) is 9.78 Å². The standard InChI is InChI=1S/C8H10N4/c1-12-8-6(5-10-12)3-2-4-7(8)11-9/h2-5,11H,9H2,1H3. The number of fused-ring (bicyclic) bond motifs is 1. The van der Waals surface area contributed by atoms with Crippen molar-refractivity contribution in [2.45, 2.75) is 0 Å². The minimum atomic E-state index is 0.896. The highest BCUT2D eigenvalue weighted by Crippen LogP contribution is 2.20. The third-order valence-electron chi connectivity index (χ3n) is 1.92. The fraction of sp³-hybridized carbons (Fsp3) is 0.125. The van der Waals surface area contributed by atoms with Crippen LogP contribution in [0.4, 0.5) is 5.69 Å². The Bertz CT molecular complexity index is 404. The van der Waals surface area contributed by atoms with E-state index >= 15 is 0 Å². The summed E-state index contributed by atoms with van der Waals surface area (Å²) in [6.07, 6.45) is 1.82. The molecule has 0 fully saturated rings. The van der Waals surface area contributed by atoms with Gasteiger partial charge in [-0.1, -0.05) is 12.1 Å². The van der Waals surface area contributed by atoms with E-state index in [9.17, 15) is 0 Å². The molecular weight excluding hydrogens is 152 g/mol. The van der Waals surface area contributed by atoms with Gasteiger partial charge in [0.15, 0.2) is 0 Å². The van der Waals surface area contributed by atoms with Crippen molar-refractivity contribution in [2.75, 3.05) is 5.43 Å². The highest BCUT2D eigenvalue weighted by Gasteiger charge is 2.02. The van der Waals surface area contributed by atoms with E-state index in [4.69, 9.17) is 5.84 Å². The second kappa shape index (κ2) is 2.49. The second-order valence-corrected chi connectivity index (χ2v) is 2.66. The largest absolute Gasteiger partial charge is 0.322 e. The van der Waals surface area contributed by atoms with Crippen LogP contribution in [0.25, 0.3) is 10.9 Å². The fourth-order valence-electron chi connectivity index (χ4n) is 1.35. The van der Waals surface area contributed by atoms with Crippen LogP contribution in [0.3, 0.4) is 0 Å². The van der Waals surface area contributed by atoms with Crippen molar-refractivity contribution in [3.8, 4) is 0 Å². The van der Waals surface area contributed by atoms with E-state index in [0.29, 0.717) is 0 Å². The zero-order chi connectivity index (χ0) is 8.55. The minimum Gasteiger partial charge on any atom is -0.322 e. The van der Waals surface area contributed by atoms with Crippen molar-refractivity contribution in [1.82, 2.24) is 9.78 Å². The van der Waals surface area contributed by atoms with Crippen LogP contribution in [0.15, 0.2) is 24.4 Å². The molecule has 1 heterocycles. The van der Waals surface area contributed by atoms with Crippen LogP contribution in [0, 0.1) is 0 Å². The maximum absolute atomic E-state index is 5.35. The number of nitrogen functional groups attached to an aromatic ring is 1. The van der Waals surface area contributed by atoms with E-state index in [1.165, 1.54) is 0 Å². The summed E-state index contributed by atoms with van der Waals surface area (Å²) in [6.45, 7) is 0. The van der Waals surface area contributed by atoms with Crippen molar-refractivity contribution in [3.63, 3.8) is 0 Å². The Morgan fingerprint density at radius 3 is 3.08 bits per heavy atom. The first-order valence-electron chi connectivity index (χ1n) is 3.70.